The summed E-state index contributed by atoms with van der Waals surface area (Å²) in [7, 11) is 0. The minimum Gasteiger partial charge on any atom is -0.381 e. The molecule has 1 aromatic rings. The van der Waals surface area contributed by atoms with Gasteiger partial charge >= 0.3 is 0 Å². The molecule has 1 saturated heterocycles. The van der Waals surface area contributed by atoms with E-state index in [4.69, 9.17) is 10.5 Å². The zero-order valence-corrected chi connectivity index (χ0v) is 10.7. The number of rotatable bonds is 3. The largest absolute Gasteiger partial charge is 0.381 e. The molecule has 0 saturated carbocycles. The van der Waals surface area contributed by atoms with Crippen molar-refractivity contribution in [2.24, 2.45) is 11.1 Å². The number of anilines is 1. The topological polar surface area (TPSA) is 64.4 Å². The molecule has 0 aliphatic carbocycles. The first-order valence-corrected chi connectivity index (χ1v) is 6.23. The molecular formula is C13H15F3N2O2. The lowest BCUT2D eigenvalue weighted by Crippen LogP contribution is -2.46. The molecular weight excluding hydrogens is 273 g/mol. The van der Waals surface area contributed by atoms with Crippen molar-refractivity contribution in [1.82, 2.24) is 0 Å². The number of hydrogen-bond donors (Lipinski definition) is 2. The van der Waals surface area contributed by atoms with Gasteiger partial charge in [-0.25, -0.2) is 13.2 Å². The summed E-state index contributed by atoms with van der Waals surface area (Å²) in [5, 5.41) is 2.28. The molecule has 4 nitrogen and oxygen atoms in total. The lowest BCUT2D eigenvalue weighted by molar-refractivity contribution is -0.130. The second-order valence-electron chi connectivity index (χ2n) is 4.77. The molecule has 2 rings (SSSR count). The Labute approximate surface area is 114 Å². The maximum atomic E-state index is 13.5. The summed E-state index contributed by atoms with van der Waals surface area (Å²) >= 11 is 0. The molecule has 0 unspecified atom stereocenters. The van der Waals surface area contributed by atoms with Gasteiger partial charge in [0.2, 0.25) is 5.91 Å². The smallest absolute Gasteiger partial charge is 0.232 e. The Bertz CT molecular complexity index is 517. The number of carbonyl (C=O) groups is 1. The predicted molar refractivity (Wildman–Crippen MR) is 66.5 cm³/mol. The van der Waals surface area contributed by atoms with Crippen LogP contribution in [0.1, 0.15) is 12.8 Å². The molecule has 110 valence electrons. The minimum absolute atomic E-state index is 0.0769. The van der Waals surface area contributed by atoms with Gasteiger partial charge in [-0.05, 0) is 25.0 Å². The molecule has 1 amide bonds. The number of halogens is 3. The zero-order chi connectivity index (χ0) is 14.8. The highest BCUT2D eigenvalue weighted by Gasteiger charge is 2.39. The van der Waals surface area contributed by atoms with Gasteiger partial charge in [0.05, 0.1) is 11.1 Å². The highest BCUT2D eigenvalue weighted by atomic mass is 19.2. The summed E-state index contributed by atoms with van der Waals surface area (Å²) < 4.78 is 44.6. The van der Waals surface area contributed by atoms with Crippen molar-refractivity contribution in [3.63, 3.8) is 0 Å². The van der Waals surface area contributed by atoms with Crippen LogP contribution in [0.4, 0.5) is 18.9 Å². The molecule has 1 aromatic carbocycles. The lowest BCUT2D eigenvalue weighted by atomic mass is 9.79. The van der Waals surface area contributed by atoms with E-state index in [2.05, 4.69) is 5.32 Å². The number of ether oxygens (including phenoxy) is 1. The molecule has 20 heavy (non-hydrogen) atoms. The molecule has 1 fully saturated rings. The fourth-order valence-corrected chi connectivity index (χ4v) is 2.16. The monoisotopic (exact) mass is 288 g/mol. The number of carbonyl (C=O) groups excluding carboxylic acids is 1. The van der Waals surface area contributed by atoms with Crippen molar-refractivity contribution in [3.8, 4) is 0 Å². The van der Waals surface area contributed by atoms with Gasteiger partial charge in [-0.2, -0.15) is 0 Å². The number of benzene rings is 1. The van der Waals surface area contributed by atoms with Gasteiger partial charge < -0.3 is 15.8 Å². The summed E-state index contributed by atoms with van der Waals surface area (Å²) in [5.74, 6) is -4.84. The second kappa shape index (κ2) is 5.80. The van der Waals surface area contributed by atoms with Gasteiger partial charge in [0, 0.05) is 19.8 Å². The Balaban J connectivity index is 2.21. The van der Waals surface area contributed by atoms with Crippen LogP contribution >= 0.6 is 0 Å². The molecule has 7 heteroatoms. The normalized spacial score (nSPS) is 17.8. The van der Waals surface area contributed by atoms with Crippen molar-refractivity contribution < 1.29 is 22.7 Å². The van der Waals surface area contributed by atoms with Crippen LogP contribution in [0.5, 0.6) is 0 Å². The van der Waals surface area contributed by atoms with E-state index in [0.717, 1.165) is 12.1 Å². The van der Waals surface area contributed by atoms with Gasteiger partial charge in [-0.15, -0.1) is 0 Å². The Kier molecular flexibility index (Phi) is 4.29. The molecule has 0 radical (unpaired) electrons. The first kappa shape index (κ1) is 14.8. The summed E-state index contributed by atoms with van der Waals surface area (Å²) in [6.07, 6.45) is 0.807. The van der Waals surface area contributed by atoms with Crippen LogP contribution in [0, 0.1) is 22.9 Å². The van der Waals surface area contributed by atoms with Crippen molar-refractivity contribution in [3.05, 3.63) is 29.6 Å². The molecule has 0 atom stereocenters. The Morgan fingerprint density at radius 2 is 1.90 bits per heavy atom. The molecule has 0 spiro atoms. The van der Waals surface area contributed by atoms with Crippen LogP contribution in [0.15, 0.2) is 12.1 Å². The Morgan fingerprint density at radius 3 is 2.50 bits per heavy atom. The molecule has 3 N–H and O–H groups in total. The average Bonchev–Trinajstić information content (AvgIpc) is 2.48. The number of nitrogens with one attached hydrogen (secondary N) is 1. The third kappa shape index (κ3) is 2.64. The fourth-order valence-electron chi connectivity index (χ4n) is 2.16. The highest BCUT2D eigenvalue weighted by Crippen LogP contribution is 2.31. The van der Waals surface area contributed by atoms with E-state index in [0.29, 0.717) is 26.1 Å². The van der Waals surface area contributed by atoms with Gasteiger partial charge in [0.15, 0.2) is 17.5 Å². The molecule has 1 heterocycles. The zero-order valence-electron chi connectivity index (χ0n) is 10.7. The summed E-state index contributed by atoms with van der Waals surface area (Å²) in [4.78, 5) is 12.2. The highest BCUT2D eigenvalue weighted by molar-refractivity contribution is 5.95. The molecule has 1 aliphatic rings. The van der Waals surface area contributed by atoms with Gasteiger partial charge in [0.25, 0.3) is 0 Å². The summed E-state index contributed by atoms with van der Waals surface area (Å²) in [5.41, 5.74) is 4.38. The van der Waals surface area contributed by atoms with Crippen molar-refractivity contribution in [2.45, 2.75) is 12.8 Å². The SMILES string of the molecule is NCC1(C(=O)Nc2ccc(F)c(F)c2F)CCOCC1. The Morgan fingerprint density at radius 1 is 1.25 bits per heavy atom. The first-order chi connectivity index (χ1) is 9.50. The third-order valence-corrected chi connectivity index (χ3v) is 3.61. The van der Waals surface area contributed by atoms with E-state index >= 15 is 0 Å². The maximum absolute atomic E-state index is 13.5. The van der Waals surface area contributed by atoms with E-state index < -0.39 is 34.5 Å². The van der Waals surface area contributed by atoms with Crippen LogP contribution in [-0.2, 0) is 9.53 Å². The van der Waals surface area contributed by atoms with Crippen LogP contribution in [0.2, 0.25) is 0 Å². The number of nitrogens with two attached hydrogens (primary N) is 1. The number of hydrogen-bond acceptors (Lipinski definition) is 3. The van der Waals surface area contributed by atoms with Crippen molar-refractivity contribution >= 4 is 11.6 Å². The quantitative estimate of drug-likeness (QED) is 0.834. The third-order valence-electron chi connectivity index (χ3n) is 3.61. The molecule has 1 aliphatic heterocycles. The van der Waals surface area contributed by atoms with E-state index in [1.807, 2.05) is 0 Å². The van der Waals surface area contributed by atoms with Gasteiger partial charge in [-0.3, -0.25) is 4.79 Å². The Hall–Kier alpha value is -1.60. The van der Waals surface area contributed by atoms with E-state index in [1.165, 1.54) is 0 Å². The second-order valence-corrected chi connectivity index (χ2v) is 4.77. The average molecular weight is 288 g/mol. The van der Waals surface area contributed by atoms with Crippen molar-refractivity contribution in [1.29, 1.82) is 0 Å². The predicted octanol–water partition coefficient (Wildman–Crippen LogP) is 1.80. The summed E-state index contributed by atoms with van der Waals surface area (Å²) in [6, 6.07) is 1.74. The number of amides is 1. The van der Waals surface area contributed by atoms with E-state index in [1.54, 1.807) is 0 Å². The fraction of sp³-hybridized carbons (Fsp3) is 0.462. The first-order valence-electron chi connectivity index (χ1n) is 6.23. The standard InChI is InChI=1S/C13H15F3N2O2/c14-8-1-2-9(11(16)10(8)15)18-12(19)13(7-17)3-5-20-6-4-13/h1-2H,3-7,17H2,(H,18,19). The van der Waals surface area contributed by atoms with E-state index in [-0.39, 0.29) is 6.54 Å². The molecule has 0 aromatic heterocycles. The van der Waals surface area contributed by atoms with Crippen LogP contribution in [0.25, 0.3) is 0 Å². The van der Waals surface area contributed by atoms with Crippen molar-refractivity contribution in [2.75, 3.05) is 25.1 Å². The van der Waals surface area contributed by atoms with Gasteiger partial charge in [-0.1, -0.05) is 0 Å². The minimum atomic E-state index is -1.61. The van der Waals surface area contributed by atoms with Crippen LogP contribution in [-0.4, -0.2) is 25.7 Å². The van der Waals surface area contributed by atoms with Gasteiger partial charge in [0.1, 0.15) is 0 Å². The lowest BCUT2D eigenvalue weighted by Gasteiger charge is -2.34. The maximum Gasteiger partial charge on any atom is 0.232 e. The van der Waals surface area contributed by atoms with Crippen LogP contribution < -0.4 is 11.1 Å². The molecule has 0 bridgehead atoms. The summed E-state index contributed by atoms with van der Waals surface area (Å²) in [6.45, 7) is 0.837. The van der Waals surface area contributed by atoms with Crippen LogP contribution in [0.3, 0.4) is 0 Å². The van der Waals surface area contributed by atoms with E-state index in [9.17, 15) is 18.0 Å².